The number of esters is 1. The minimum absolute atomic E-state index is 0.0353. The highest BCUT2D eigenvalue weighted by Crippen LogP contribution is 2.30. The van der Waals surface area contributed by atoms with Gasteiger partial charge in [0.15, 0.2) is 0 Å². The van der Waals surface area contributed by atoms with Crippen LogP contribution in [0.5, 0.6) is 5.75 Å². The molecule has 1 unspecified atom stereocenters. The summed E-state index contributed by atoms with van der Waals surface area (Å²) in [5.74, 6) is -1.28. The molecule has 39 heavy (non-hydrogen) atoms. The van der Waals surface area contributed by atoms with Gasteiger partial charge in [-0.15, -0.1) is 0 Å². The van der Waals surface area contributed by atoms with Crippen LogP contribution < -0.4 is 9.64 Å². The molecule has 0 radical (unpaired) electrons. The van der Waals surface area contributed by atoms with Crippen LogP contribution in [0.25, 0.3) is 0 Å². The summed E-state index contributed by atoms with van der Waals surface area (Å²) in [6, 6.07) is 17.4. The Kier molecular flexibility index (Phi) is 8.69. The first-order chi connectivity index (χ1) is 18.6. The number of hydrogen-bond acceptors (Lipinski definition) is 7. The lowest BCUT2D eigenvalue weighted by molar-refractivity contribution is -0.122. The lowest BCUT2D eigenvalue weighted by Gasteiger charge is -2.27. The molecule has 3 aromatic rings. The van der Waals surface area contributed by atoms with E-state index in [1.54, 1.807) is 25.1 Å². The highest BCUT2D eigenvalue weighted by molar-refractivity contribution is 7.89. The van der Waals surface area contributed by atoms with E-state index in [0.717, 1.165) is 14.8 Å². The number of amides is 2. The number of nitrogens with zero attached hydrogens (tertiary/aromatic N) is 2. The number of carbonyl (C=O) groups excluding carboxylic acids is 3. The minimum Gasteiger partial charge on any atom is -0.497 e. The second kappa shape index (κ2) is 12.0. The van der Waals surface area contributed by atoms with Crippen molar-refractivity contribution in [3.63, 3.8) is 0 Å². The van der Waals surface area contributed by atoms with Gasteiger partial charge >= 0.3 is 5.97 Å². The molecule has 1 saturated heterocycles. The van der Waals surface area contributed by atoms with Crippen LogP contribution in [0.3, 0.4) is 0 Å². The number of halogens is 1. The van der Waals surface area contributed by atoms with E-state index in [2.05, 4.69) is 0 Å². The second-order valence-corrected chi connectivity index (χ2v) is 11.1. The molecule has 1 heterocycles. The van der Waals surface area contributed by atoms with Crippen LogP contribution in [0.15, 0.2) is 77.7 Å². The van der Waals surface area contributed by atoms with Gasteiger partial charge in [-0.2, -0.15) is 4.31 Å². The van der Waals surface area contributed by atoms with E-state index in [9.17, 15) is 22.8 Å². The normalized spacial score (nSPS) is 15.6. The van der Waals surface area contributed by atoms with Crippen molar-refractivity contribution < 1.29 is 32.3 Å². The van der Waals surface area contributed by atoms with Crippen LogP contribution in [-0.2, 0) is 30.8 Å². The zero-order chi connectivity index (χ0) is 28.2. The summed E-state index contributed by atoms with van der Waals surface area (Å²) in [6.45, 7) is 1.83. The number of rotatable bonds is 10. The molecule has 0 saturated carbocycles. The molecule has 3 aromatic carbocycles. The highest BCUT2D eigenvalue weighted by atomic mass is 35.5. The van der Waals surface area contributed by atoms with Crippen LogP contribution in [0.2, 0.25) is 5.02 Å². The summed E-state index contributed by atoms with van der Waals surface area (Å²) in [4.78, 5) is 39.5. The van der Waals surface area contributed by atoms with Crippen LogP contribution >= 0.6 is 11.6 Å². The number of methoxy groups -OCH3 is 1. The standard InChI is InChI=1S/C28H27ClN2O7S/c1-3-38-28(34)20-7-9-22(10-8-20)31-26(32)18-25(27(31)33)30(16-15-19-5-4-6-21(29)17-19)39(35,36)24-13-11-23(37-2)12-14-24/h4-14,17,25H,3,15-16,18H2,1-2H3. The van der Waals surface area contributed by atoms with Crippen molar-refractivity contribution in [2.24, 2.45) is 0 Å². The van der Waals surface area contributed by atoms with Crippen LogP contribution in [-0.4, -0.2) is 56.8 Å². The van der Waals surface area contributed by atoms with Crippen LogP contribution in [0.1, 0.15) is 29.3 Å². The SMILES string of the molecule is CCOC(=O)c1ccc(N2C(=O)CC(N(CCc3cccc(Cl)c3)S(=O)(=O)c3ccc(OC)cc3)C2=O)cc1. The molecular weight excluding hydrogens is 544 g/mol. The number of benzene rings is 3. The molecule has 1 fully saturated rings. The monoisotopic (exact) mass is 570 g/mol. The van der Waals surface area contributed by atoms with Gasteiger partial charge < -0.3 is 9.47 Å². The highest BCUT2D eigenvalue weighted by Gasteiger charge is 2.46. The molecule has 1 aliphatic rings. The van der Waals surface area contributed by atoms with Crippen molar-refractivity contribution in [3.05, 3.63) is 88.9 Å². The molecule has 204 valence electrons. The van der Waals surface area contributed by atoms with Crippen molar-refractivity contribution in [1.29, 1.82) is 0 Å². The molecule has 2 amide bonds. The fourth-order valence-electron chi connectivity index (χ4n) is 4.33. The molecule has 1 aliphatic heterocycles. The second-order valence-electron chi connectivity index (χ2n) is 8.73. The van der Waals surface area contributed by atoms with Crippen molar-refractivity contribution in [3.8, 4) is 5.75 Å². The maximum Gasteiger partial charge on any atom is 0.338 e. The number of sulfonamides is 1. The molecule has 0 N–H and O–H groups in total. The lowest BCUT2D eigenvalue weighted by Crippen LogP contribution is -2.46. The van der Waals surface area contributed by atoms with E-state index in [1.165, 1.54) is 55.6 Å². The van der Waals surface area contributed by atoms with Crippen molar-refractivity contribution >= 4 is 45.1 Å². The average Bonchev–Trinajstić information content (AvgIpc) is 3.22. The number of anilines is 1. The van der Waals surface area contributed by atoms with Crippen molar-refractivity contribution in [2.75, 3.05) is 25.2 Å². The fraction of sp³-hybridized carbons (Fsp3) is 0.250. The van der Waals surface area contributed by atoms with Gasteiger partial charge in [-0.05, 0) is 79.6 Å². The number of carbonyl (C=O) groups is 3. The molecule has 0 bridgehead atoms. The maximum absolute atomic E-state index is 13.8. The summed E-state index contributed by atoms with van der Waals surface area (Å²) in [6.07, 6.45) is -0.0639. The predicted molar refractivity (Wildman–Crippen MR) is 145 cm³/mol. The van der Waals surface area contributed by atoms with Gasteiger partial charge in [0, 0.05) is 11.6 Å². The van der Waals surface area contributed by atoms with Gasteiger partial charge in [-0.25, -0.2) is 18.1 Å². The molecule has 4 rings (SSSR count). The Morgan fingerprint density at radius 1 is 1.05 bits per heavy atom. The molecular formula is C28H27ClN2O7S. The maximum atomic E-state index is 13.8. The van der Waals surface area contributed by atoms with Gasteiger partial charge in [-0.3, -0.25) is 9.59 Å². The number of ether oxygens (including phenoxy) is 2. The zero-order valence-corrected chi connectivity index (χ0v) is 22.9. The Hall–Kier alpha value is -3.73. The first kappa shape index (κ1) is 28.3. The van der Waals surface area contributed by atoms with E-state index < -0.39 is 33.8 Å². The van der Waals surface area contributed by atoms with Gasteiger partial charge in [0.1, 0.15) is 11.8 Å². The quantitative estimate of drug-likeness (QED) is 0.267. The molecule has 9 nitrogen and oxygen atoms in total. The Morgan fingerprint density at radius 2 is 1.74 bits per heavy atom. The van der Waals surface area contributed by atoms with Crippen LogP contribution in [0, 0.1) is 0 Å². The molecule has 11 heteroatoms. The Morgan fingerprint density at radius 3 is 2.36 bits per heavy atom. The average molecular weight is 571 g/mol. The Balaban J connectivity index is 1.66. The summed E-state index contributed by atoms with van der Waals surface area (Å²) in [5, 5.41) is 0.502. The third-order valence-corrected chi connectivity index (χ3v) is 8.44. The first-order valence-electron chi connectivity index (χ1n) is 12.2. The third-order valence-electron chi connectivity index (χ3n) is 6.28. The van der Waals surface area contributed by atoms with E-state index in [1.807, 2.05) is 6.07 Å². The number of imide groups is 1. The third kappa shape index (κ3) is 6.13. The van der Waals surface area contributed by atoms with E-state index in [-0.39, 0.29) is 42.1 Å². The molecule has 0 aliphatic carbocycles. The van der Waals surface area contributed by atoms with E-state index >= 15 is 0 Å². The summed E-state index contributed by atoms with van der Waals surface area (Å²) in [7, 11) is -2.72. The molecule has 0 spiro atoms. The van der Waals surface area contributed by atoms with E-state index in [0.29, 0.717) is 10.8 Å². The minimum atomic E-state index is -4.19. The van der Waals surface area contributed by atoms with Crippen molar-refractivity contribution in [1.82, 2.24) is 4.31 Å². The molecule has 0 aromatic heterocycles. The van der Waals surface area contributed by atoms with Gasteiger partial charge in [0.2, 0.25) is 15.9 Å². The summed E-state index contributed by atoms with van der Waals surface area (Å²) in [5.41, 5.74) is 1.28. The van der Waals surface area contributed by atoms with Gasteiger partial charge in [-0.1, -0.05) is 23.7 Å². The smallest absolute Gasteiger partial charge is 0.338 e. The number of hydrogen-bond donors (Lipinski definition) is 0. The topological polar surface area (TPSA) is 110 Å². The molecule has 1 atom stereocenters. The van der Waals surface area contributed by atoms with Crippen LogP contribution in [0.4, 0.5) is 5.69 Å². The van der Waals surface area contributed by atoms with Gasteiger partial charge in [0.05, 0.1) is 36.3 Å². The zero-order valence-electron chi connectivity index (χ0n) is 21.4. The fourth-order valence-corrected chi connectivity index (χ4v) is 6.13. The largest absolute Gasteiger partial charge is 0.497 e. The lowest BCUT2D eigenvalue weighted by atomic mass is 10.1. The van der Waals surface area contributed by atoms with E-state index in [4.69, 9.17) is 21.1 Å². The Labute approximate surface area is 231 Å². The predicted octanol–water partition coefficient (Wildman–Crippen LogP) is 4.09. The van der Waals surface area contributed by atoms with Gasteiger partial charge in [0.25, 0.3) is 5.91 Å². The van der Waals surface area contributed by atoms with Crippen molar-refractivity contribution in [2.45, 2.75) is 30.7 Å². The summed E-state index contributed by atoms with van der Waals surface area (Å²) >= 11 is 6.10. The first-order valence-corrected chi connectivity index (χ1v) is 14.0. The Bertz CT molecular complexity index is 1470. The summed E-state index contributed by atoms with van der Waals surface area (Å²) < 4.78 is 38.8.